The lowest BCUT2D eigenvalue weighted by atomic mass is 10.0. The van der Waals surface area contributed by atoms with Crippen molar-refractivity contribution in [2.24, 2.45) is 0 Å². The Kier molecular flexibility index (Phi) is 59.5. The lowest BCUT2D eigenvalue weighted by Crippen LogP contribution is -2.45. The van der Waals surface area contributed by atoms with Gasteiger partial charge < -0.3 is 20.3 Å². The predicted octanol–water partition coefficient (Wildman–Crippen LogP) is 20.2. The number of esters is 1. The van der Waals surface area contributed by atoms with E-state index in [1.807, 2.05) is 0 Å². The van der Waals surface area contributed by atoms with E-state index >= 15 is 0 Å². The molecule has 6 heteroatoms. The minimum Gasteiger partial charge on any atom is -0.466 e. The molecule has 0 aliphatic heterocycles. The topological polar surface area (TPSA) is 95.9 Å². The van der Waals surface area contributed by atoms with Crippen LogP contribution in [0.1, 0.15) is 354 Å². The smallest absolute Gasteiger partial charge is 0.305 e. The van der Waals surface area contributed by atoms with E-state index in [1.54, 1.807) is 0 Å². The van der Waals surface area contributed by atoms with E-state index in [0.717, 1.165) is 44.9 Å². The number of ether oxygens (including phenoxy) is 1. The Morgan fingerprint density at radius 1 is 0.380 bits per heavy atom. The van der Waals surface area contributed by atoms with Crippen molar-refractivity contribution >= 4 is 11.9 Å². The van der Waals surface area contributed by atoms with Crippen LogP contribution in [0, 0.1) is 0 Å². The Morgan fingerprint density at radius 2 is 0.662 bits per heavy atom. The molecule has 0 aromatic rings. The largest absolute Gasteiger partial charge is 0.466 e. The molecule has 420 valence electrons. The van der Waals surface area contributed by atoms with Gasteiger partial charge in [-0.25, -0.2) is 0 Å². The lowest BCUT2D eigenvalue weighted by molar-refractivity contribution is -0.143. The standard InChI is InChI=1S/C65H125NO5/c1-3-5-7-9-11-13-15-17-19-30-33-37-41-45-49-53-57-63(68)62(61-67)66-64(69)58-54-50-46-42-38-34-31-27-25-23-21-20-22-24-26-28-32-36-40-44-48-52-56-60-71-65(70)59-55-51-47-43-39-35-29-18-16-14-12-10-8-6-4-2/h18,23,25,29,62-63,67-68H,3-17,19-22,24,26-28,30-61H2,1-2H3,(H,66,69)/b25-23-,29-18-. The van der Waals surface area contributed by atoms with E-state index < -0.39 is 12.1 Å². The fourth-order valence-corrected chi connectivity index (χ4v) is 10.0. The van der Waals surface area contributed by atoms with Crippen LogP contribution < -0.4 is 5.32 Å². The number of hydrogen-bond donors (Lipinski definition) is 3. The van der Waals surface area contributed by atoms with Crippen LogP contribution in [-0.2, 0) is 14.3 Å². The maximum absolute atomic E-state index is 12.5. The minimum atomic E-state index is -0.668. The summed E-state index contributed by atoms with van der Waals surface area (Å²) in [6, 6.07) is -0.546. The molecular formula is C65H125NO5. The Balaban J connectivity index is 3.40. The van der Waals surface area contributed by atoms with Crippen molar-refractivity contribution in [1.82, 2.24) is 5.32 Å². The SMILES string of the molecule is CCCCCCCC/C=C\CCCCCCCC(=O)OCCCCCCCCCCCCCC/C=C\CCCCCCCCCC(=O)NC(CO)C(O)CCCCCCCCCCCCCCCCCC. The number of nitrogens with one attached hydrogen (secondary N) is 1. The average Bonchev–Trinajstić information content (AvgIpc) is 3.37. The third kappa shape index (κ3) is 57.5. The molecule has 0 aliphatic carbocycles. The van der Waals surface area contributed by atoms with Crippen LogP contribution in [0.15, 0.2) is 24.3 Å². The van der Waals surface area contributed by atoms with Crippen LogP contribution in [-0.4, -0.2) is 47.4 Å². The summed E-state index contributed by atoms with van der Waals surface area (Å²) in [5, 5.41) is 23.3. The van der Waals surface area contributed by atoms with Crippen molar-refractivity contribution in [2.75, 3.05) is 13.2 Å². The van der Waals surface area contributed by atoms with E-state index in [0.29, 0.717) is 25.9 Å². The van der Waals surface area contributed by atoms with Crippen molar-refractivity contribution in [3.8, 4) is 0 Å². The molecule has 6 nitrogen and oxygen atoms in total. The molecule has 71 heavy (non-hydrogen) atoms. The first-order chi connectivity index (χ1) is 35.0. The van der Waals surface area contributed by atoms with Gasteiger partial charge in [0.25, 0.3) is 0 Å². The molecule has 0 heterocycles. The first kappa shape index (κ1) is 69.3. The molecule has 0 rings (SSSR count). The molecule has 3 N–H and O–H groups in total. The van der Waals surface area contributed by atoms with Crippen molar-refractivity contribution in [1.29, 1.82) is 0 Å². The molecule has 0 spiro atoms. The van der Waals surface area contributed by atoms with E-state index in [9.17, 15) is 19.8 Å². The predicted molar refractivity (Wildman–Crippen MR) is 310 cm³/mol. The first-order valence-electron chi connectivity index (χ1n) is 32.1. The molecule has 0 radical (unpaired) electrons. The summed E-state index contributed by atoms with van der Waals surface area (Å²) in [5.74, 6) is -0.0349. The molecule has 0 saturated carbocycles. The van der Waals surface area contributed by atoms with E-state index in [4.69, 9.17) is 4.74 Å². The Labute approximate surface area is 443 Å². The third-order valence-electron chi connectivity index (χ3n) is 15.0. The number of carbonyl (C=O) groups is 2. The summed E-state index contributed by atoms with van der Waals surface area (Å²) in [5.41, 5.74) is 0. The number of hydrogen-bond acceptors (Lipinski definition) is 5. The summed E-state index contributed by atoms with van der Waals surface area (Å²) in [6.45, 7) is 4.96. The van der Waals surface area contributed by atoms with Gasteiger partial charge in [-0.3, -0.25) is 9.59 Å². The van der Waals surface area contributed by atoms with E-state index in [-0.39, 0.29) is 18.5 Å². The minimum absolute atomic E-state index is 0.00407. The number of unbranched alkanes of at least 4 members (excludes halogenated alkanes) is 45. The van der Waals surface area contributed by atoms with Crippen LogP contribution in [0.4, 0.5) is 0 Å². The second-order valence-electron chi connectivity index (χ2n) is 22.1. The van der Waals surface area contributed by atoms with Crippen LogP contribution in [0.5, 0.6) is 0 Å². The normalized spacial score (nSPS) is 12.7. The Morgan fingerprint density at radius 3 is 1.00 bits per heavy atom. The van der Waals surface area contributed by atoms with Gasteiger partial charge in [0, 0.05) is 12.8 Å². The molecular weight excluding hydrogens is 875 g/mol. The molecule has 0 aromatic heterocycles. The van der Waals surface area contributed by atoms with Crippen LogP contribution in [0.3, 0.4) is 0 Å². The van der Waals surface area contributed by atoms with Crippen molar-refractivity contribution < 1.29 is 24.5 Å². The fourth-order valence-electron chi connectivity index (χ4n) is 10.0. The zero-order valence-electron chi connectivity index (χ0n) is 48.0. The Hall–Kier alpha value is -1.66. The second kappa shape index (κ2) is 60.9. The lowest BCUT2D eigenvalue weighted by Gasteiger charge is -2.22. The van der Waals surface area contributed by atoms with Gasteiger partial charge in [-0.15, -0.1) is 0 Å². The van der Waals surface area contributed by atoms with Crippen LogP contribution in [0.2, 0.25) is 0 Å². The second-order valence-corrected chi connectivity index (χ2v) is 22.1. The fraction of sp³-hybridized carbons (Fsp3) is 0.908. The quantitative estimate of drug-likeness (QED) is 0.0320. The highest BCUT2D eigenvalue weighted by Crippen LogP contribution is 2.18. The van der Waals surface area contributed by atoms with E-state index in [1.165, 1.54) is 276 Å². The highest BCUT2D eigenvalue weighted by Gasteiger charge is 2.20. The molecule has 0 aromatic carbocycles. The monoisotopic (exact) mass is 1000 g/mol. The number of aliphatic hydroxyl groups excluding tert-OH is 2. The van der Waals surface area contributed by atoms with Gasteiger partial charge in [-0.1, -0.05) is 289 Å². The number of carbonyl (C=O) groups excluding carboxylic acids is 2. The molecule has 1 amide bonds. The van der Waals surface area contributed by atoms with Gasteiger partial charge >= 0.3 is 5.97 Å². The number of rotatable bonds is 60. The van der Waals surface area contributed by atoms with Gasteiger partial charge in [0.05, 0.1) is 25.4 Å². The number of aliphatic hydroxyl groups is 2. The highest BCUT2D eigenvalue weighted by molar-refractivity contribution is 5.76. The summed E-state index contributed by atoms with van der Waals surface area (Å²) in [7, 11) is 0. The van der Waals surface area contributed by atoms with E-state index in [2.05, 4.69) is 43.5 Å². The van der Waals surface area contributed by atoms with Crippen molar-refractivity contribution in [3.63, 3.8) is 0 Å². The molecule has 2 atom stereocenters. The van der Waals surface area contributed by atoms with Gasteiger partial charge in [-0.2, -0.15) is 0 Å². The zero-order valence-corrected chi connectivity index (χ0v) is 48.0. The van der Waals surface area contributed by atoms with Gasteiger partial charge in [0.2, 0.25) is 5.91 Å². The van der Waals surface area contributed by atoms with Crippen molar-refractivity contribution in [3.05, 3.63) is 24.3 Å². The molecule has 0 fully saturated rings. The van der Waals surface area contributed by atoms with Gasteiger partial charge in [0.1, 0.15) is 0 Å². The van der Waals surface area contributed by atoms with Crippen LogP contribution in [0.25, 0.3) is 0 Å². The molecule has 0 saturated heterocycles. The molecule has 0 aliphatic rings. The number of amides is 1. The van der Waals surface area contributed by atoms with Gasteiger partial charge in [-0.05, 0) is 77.0 Å². The maximum Gasteiger partial charge on any atom is 0.305 e. The summed E-state index contributed by atoms with van der Waals surface area (Å²) in [4.78, 5) is 24.6. The number of allylic oxidation sites excluding steroid dienone is 4. The molecule has 2 unspecified atom stereocenters. The zero-order chi connectivity index (χ0) is 51.4. The molecule has 0 bridgehead atoms. The first-order valence-corrected chi connectivity index (χ1v) is 32.1. The Bertz CT molecular complexity index is 1110. The third-order valence-corrected chi connectivity index (χ3v) is 15.0. The average molecular weight is 1000 g/mol. The van der Waals surface area contributed by atoms with Gasteiger partial charge in [0.15, 0.2) is 0 Å². The van der Waals surface area contributed by atoms with Crippen LogP contribution >= 0.6 is 0 Å². The summed E-state index contributed by atoms with van der Waals surface area (Å²) < 4.78 is 5.48. The van der Waals surface area contributed by atoms with Crippen molar-refractivity contribution in [2.45, 2.75) is 366 Å². The summed E-state index contributed by atoms with van der Waals surface area (Å²) in [6.07, 6.45) is 74.8. The summed E-state index contributed by atoms with van der Waals surface area (Å²) >= 11 is 0. The highest BCUT2D eigenvalue weighted by atomic mass is 16.5. The maximum atomic E-state index is 12.5.